The minimum absolute atomic E-state index is 0.384. The zero-order valence-corrected chi connectivity index (χ0v) is 7.22. The molecular weight excluding hydrogens is 130 g/mol. The average molecular weight is 145 g/mol. The van der Waals surface area contributed by atoms with Gasteiger partial charge < -0.3 is 5.32 Å². The Morgan fingerprint density at radius 2 is 2.11 bits per heavy atom. The minimum Gasteiger partial charge on any atom is -0.382 e. The summed E-state index contributed by atoms with van der Waals surface area (Å²) in [4.78, 5) is 0. The van der Waals surface area contributed by atoms with Gasteiger partial charge in [-0.25, -0.2) is 0 Å². The van der Waals surface area contributed by atoms with Crippen LogP contribution in [-0.4, -0.2) is 12.0 Å². The van der Waals surface area contributed by atoms with Gasteiger partial charge in [-0.15, -0.1) is 0 Å². The molecule has 0 bridgehead atoms. The highest BCUT2D eigenvalue weighted by Crippen LogP contribution is 2.16. The molecule has 0 saturated heterocycles. The average Bonchev–Trinajstić information content (AvgIpc) is 1.84. The van der Waals surface area contributed by atoms with Crippen molar-refractivity contribution in [1.29, 1.82) is 0 Å². The third-order valence-electron chi connectivity index (χ3n) is 1.62. The molecule has 0 saturated carbocycles. The number of hydrogen-bond donors (Lipinski definition) is 1. The summed E-state index contributed by atoms with van der Waals surface area (Å²) in [6, 6.07) is 0. The van der Waals surface area contributed by atoms with Crippen molar-refractivity contribution in [2.24, 2.45) is 5.41 Å². The lowest BCUT2D eigenvalue weighted by Gasteiger charge is -2.21. The van der Waals surface area contributed by atoms with Crippen LogP contribution in [0.4, 0.5) is 0 Å². The largest absolute Gasteiger partial charge is 0.382 e. The van der Waals surface area contributed by atoms with Crippen LogP contribution in [0, 0.1) is 5.41 Å². The lowest BCUT2D eigenvalue weighted by atomic mass is 9.90. The maximum atomic E-state index is 4.63. The standard InChI is InChI=1S/C7H15NS/c1-4-7(2,3)5-8-6-9/h6H,4-5H2,1-3H3,(H,8,9). The molecule has 0 rings (SSSR count). The van der Waals surface area contributed by atoms with Crippen molar-refractivity contribution >= 4 is 17.7 Å². The first-order valence-electron chi connectivity index (χ1n) is 3.29. The molecule has 0 fully saturated rings. The molecule has 1 nitrogen and oxygen atoms in total. The zero-order valence-electron chi connectivity index (χ0n) is 6.40. The van der Waals surface area contributed by atoms with Gasteiger partial charge in [-0.05, 0) is 11.8 Å². The first kappa shape index (κ1) is 8.89. The van der Waals surface area contributed by atoms with E-state index >= 15 is 0 Å². The highest BCUT2D eigenvalue weighted by atomic mass is 32.1. The Bertz CT molecular complexity index is 88.9. The molecule has 2 heteroatoms. The van der Waals surface area contributed by atoms with Crippen LogP contribution in [0.5, 0.6) is 0 Å². The molecule has 0 aromatic heterocycles. The van der Waals surface area contributed by atoms with Crippen LogP contribution >= 0.6 is 12.2 Å². The van der Waals surface area contributed by atoms with Crippen LogP contribution in [0.1, 0.15) is 27.2 Å². The molecule has 0 aromatic carbocycles. The summed E-state index contributed by atoms with van der Waals surface area (Å²) in [6.07, 6.45) is 1.18. The van der Waals surface area contributed by atoms with Gasteiger partial charge in [0, 0.05) is 6.54 Å². The summed E-state index contributed by atoms with van der Waals surface area (Å²) in [5, 5.41) is 3.03. The third kappa shape index (κ3) is 4.40. The van der Waals surface area contributed by atoms with E-state index in [9.17, 15) is 0 Å². The van der Waals surface area contributed by atoms with Crippen molar-refractivity contribution in [1.82, 2.24) is 5.32 Å². The van der Waals surface area contributed by atoms with Gasteiger partial charge in [0.25, 0.3) is 0 Å². The van der Waals surface area contributed by atoms with E-state index in [1.54, 1.807) is 5.49 Å². The van der Waals surface area contributed by atoms with Crippen LogP contribution in [0.15, 0.2) is 0 Å². The Hall–Kier alpha value is -0.110. The highest BCUT2D eigenvalue weighted by Gasteiger charge is 2.12. The van der Waals surface area contributed by atoms with Crippen LogP contribution in [-0.2, 0) is 0 Å². The molecule has 0 aliphatic heterocycles. The van der Waals surface area contributed by atoms with Gasteiger partial charge in [0.05, 0.1) is 5.49 Å². The monoisotopic (exact) mass is 145 g/mol. The second-order valence-corrected chi connectivity index (χ2v) is 3.25. The summed E-state index contributed by atoms with van der Waals surface area (Å²) in [6.45, 7) is 7.61. The zero-order chi connectivity index (χ0) is 7.33. The Morgan fingerprint density at radius 3 is 2.44 bits per heavy atom. The number of nitrogens with one attached hydrogen (secondary N) is 1. The van der Waals surface area contributed by atoms with Crippen LogP contribution in [0.2, 0.25) is 0 Å². The van der Waals surface area contributed by atoms with Gasteiger partial charge in [-0.1, -0.05) is 33.0 Å². The molecule has 1 N–H and O–H groups in total. The molecule has 0 heterocycles. The molecule has 0 aliphatic carbocycles. The Labute approximate surface area is 62.8 Å². The minimum atomic E-state index is 0.384. The molecule has 0 atom stereocenters. The molecule has 54 valence electrons. The summed E-state index contributed by atoms with van der Waals surface area (Å²) in [5.74, 6) is 0. The van der Waals surface area contributed by atoms with Crippen molar-refractivity contribution in [2.45, 2.75) is 27.2 Å². The molecule has 0 unspecified atom stereocenters. The smallest absolute Gasteiger partial charge is 0.0615 e. The normalized spacial score (nSPS) is 11.0. The van der Waals surface area contributed by atoms with E-state index < -0.39 is 0 Å². The Kier molecular flexibility index (Phi) is 3.78. The van der Waals surface area contributed by atoms with E-state index in [0.717, 1.165) is 6.54 Å². The molecule has 0 amide bonds. The van der Waals surface area contributed by atoms with E-state index in [2.05, 4.69) is 38.3 Å². The van der Waals surface area contributed by atoms with Gasteiger partial charge >= 0.3 is 0 Å². The molecule has 0 aromatic rings. The SMILES string of the molecule is CCC(C)(C)CNC=S. The van der Waals surface area contributed by atoms with Gasteiger partial charge in [-0.3, -0.25) is 0 Å². The topological polar surface area (TPSA) is 12.0 Å². The predicted octanol–water partition coefficient (Wildman–Crippen LogP) is 1.97. The van der Waals surface area contributed by atoms with Crippen LogP contribution < -0.4 is 5.32 Å². The van der Waals surface area contributed by atoms with Gasteiger partial charge in [-0.2, -0.15) is 0 Å². The summed E-state index contributed by atoms with van der Waals surface area (Å²) < 4.78 is 0. The Morgan fingerprint density at radius 1 is 1.56 bits per heavy atom. The van der Waals surface area contributed by atoms with E-state index in [1.165, 1.54) is 6.42 Å². The predicted molar refractivity (Wildman–Crippen MR) is 45.7 cm³/mol. The van der Waals surface area contributed by atoms with Crippen LogP contribution in [0.25, 0.3) is 0 Å². The molecule has 0 radical (unpaired) electrons. The second kappa shape index (κ2) is 3.83. The van der Waals surface area contributed by atoms with Gasteiger partial charge in [0.2, 0.25) is 0 Å². The number of thiocarbonyl (C=S) groups is 1. The molecule has 0 spiro atoms. The fourth-order valence-electron chi connectivity index (χ4n) is 0.443. The summed E-state index contributed by atoms with van der Waals surface area (Å²) >= 11 is 4.63. The fourth-order valence-corrected chi connectivity index (χ4v) is 0.526. The quantitative estimate of drug-likeness (QED) is 0.607. The summed E-state index contributed by atoms with van der Waals surface area (Å²) in [7, 11) is 0. The Balaban J connectivity index is 3.44. The molecular formula is C7H15NS. The lowest BCUT2D eigenvalue weighted by molar-refractivity contribution is 0.351. The number of hydrogen-bond acceptors (Lipinski definition) is 1. The maximum Gasteiger partial charge on any atom is 0.0615 e. The van der Waals surface area contributed by atoms with Crippen molar-refractivity contribution < 1.29 is 0 Å². The van der Waals surface area contributed by atoms with Crippen molar-refractivity contribution in [3.63, 3.8) is 0 Å². The van der Waals surface area contributed by atoms with Gasteiger partial charge in [0.1, 0.15) is 0 Å². The van der Waals surface area contributed by atoms with E-state index in [-0.39, 0.29) is 0 Å². The summed E-state index contributed by atoms with van der Waals surface area (Å²) in [5.41, 5.74) is 1.96. The fraction of sp³-hybridized carbons (Fsp3) is 0.857. The van der Waals surface area contributed by atoms with Gasteiger partial charge in [0.15, 0.2) is 0 Å². The van der Waals surface area contributed by atoms with Crippen LogP contribution in [0.3, 0.4) is 0 Å². The van der Waals surface area contributed by atoms with Crippen molar-refractivity contribution in [3.05, 3.63) is 0 Å². The lowest BCUT2D eigenvalue weighted by Crippen LogP contribution is -2.27. The van der Waals surface area contributed by atoms with E-state index in [1.807, 2.05) is 0 Å². The highest BCUT2D eigenvalue weighted by molar-refractivity contribution is 7.78. The first-order chi connectivity index (χ1) is 4.12. The maximum absolute atomic E-state index is 4.63. The van der Waals surface area contributed by atoms with E-state index in [0.29, 0.717) is 5.41 Å². The first-order valence-corrected chi connectivity index (χ1v) is 3.76. The van der Waals surface area contributed by atoms with Crippen molar-refractivity contribution in [3.8, 4) is 0 Å². The molecule has 0 aliphatic rings. The number of rotatable bonds is 4. The molecule has 9 heavy (non-hydrogen) atoms. The van der Waals surface area contributed by atoms with E-state index in [4.69, 9.17) is 0 Å². The van der Waals surface area contributed by atoms with Crippen molar-refractivity contribution in [2.75, 3.05) is 6.54 Å². The second-order valence-electron chi connectivity index (χ2n) is 3.02. The third-order valence-corrected chi connectivity index (χ3v) is 1.79.